The van der Waals surface area contributed by atoms with Gasteiger partial charge in [0.2, 0.25) is 0 Å². The van der Waals surface area contributed by atoms with Crippen molar-refractivity contribution >= 4 is 44.9 Å². The molecule has 234 valence electrons. The molecule has 0 aliphatic carbocycles. The van der Waals surface area contributed by atoms with Crippen LogP contribution in [0.25, 0.3) is 66.6 Å². The summed E-state index contributed by atoms with van der Waals surface area (Å²) in [6.45, 7) is 4.28. The molecule has 1 aliphatic rings. The highest BCUT2D eigenvalue weighted by atomic mass is 32.2. The Hall–Kier alpha value is -5.71. The van der Waals surface area contributed by atoms with E-state index in [-0.39, 0.29) is 0 Å². The SMILES string of the molecule is Cc1ccc2nc(-c3ccc4c(c3)Sc3cc(-c5cc(-c6ccccc6)c6cc(C)ccc6n5)ccc3N4C)cc(-c3ccccc3)c2c1. The first-order valence-corrected chi connectivity index (χ1v) is 17.4. The van der Waals surface area contributed by atoms with E-state index in [1.807, 2.05) is 11.8 Å². The van der Waals surface area contributed by atoms with E-state index in [1.54, 1.807) is 0 Å². The zero-order valence-electron chi connectivity index (χ0n) is 27.6. The predicted molar refractivity (Wildman–Crippen MR) is 207 cm³/mol. The lowest BCUT2D eigenvalue weighted by Gasteiger charge is -2.30. The van der Waals surface area contributed by atoms with Gasteiger partial charge in [0, 0.05) is 38.7 Å². The van der Waals surface area contributed by atoms with Crippen LogP contribution in [0.4, 0.5) is 11.4 Å². The molecule has 3 nitrogen and oxygen atoms in total. The van der Waals surface area contributed by atoms with Crippen molar-refractivity contribution in [2.75, 3.05) is 11.9 Å². The summed E-state index contributed by atoms with van der Waals surface area (Å²) in [4.78, 5) is 15.1. The van der Waals surface area contributed by atoms with E-state index in [0.29, 0.717) is 0 Å². The lowest BCUT2D eigenvalue weighted by atomic mass is 9.97. The molecule has 49 heavy (non-hydrogen) atoms. The number of nitrogens with zero attached hydrogens (tertiary/aromatic N) is 3. The van der Waals surface area contributed by atoms with Gasteiger partial charge in [-0.05, 0) is 96.8 Å². The minimum absolute atomic E-state index is 0.977. The number of anilines is 2. The van der Waals surface area contributed by atoms with Crippen LogP contribution in [-0.4, -0.2) is 17.0 Å². The second-order valence-corrected chi connectivity index (χ2v) is 14.0. The normalized spacial score (nSPS) is 12.3. The summed E-state index contributed by atoms with van der Waals surface area (Å²) in [5.74, 6) is 0. The first kappa shape index (κ1) is 29.4. The first-order chi connectivity index (χ1) is 24.0. The quantitative estimate of drug-likeness (QED) is 0.190. The summed E-state index contributed by atoms with van der Waals surface area (Å²) in [6, 6.07) is 52.3. The number of hydrogen-bond donors (Lipinski definition) is 0. The monoisotopic (exact) mass is 647 g/mol. The zero-order valence-corrected chi connectivity index (χ0v) is 28.4. The van der Waals surface area contributed by atoms with E-state index in [9.17, 15) is 0 Å². The molecular formula is C45H33N3S. The van der Waals surface area contributed by atoms with Crippen molar-refractivity contribution in [1.29, 1.82) is 0 Å². The van der Waals surface area contributed by atoms with Gasteiger partial charge >= 0.3 is 0 Å². The van der Waals surface area contributed by atoms with Crippen molar-refractivity contribution in [3.8, 4) is 44.8 Å². The van der Waals surface area contributed by atoms with Crippen molar-refractivity contribution in [3.05, 3.63) is 157 Å². The van der Waals surface area contributed by atoms with Gasteiger partial charge in [-0.25, -0.2) is 9.97 Å². The van der Waals surface area contributed by atoms with Gasteiger partial charge in [-0.2, -0.15) is 0 Å². The molecule has 1 aliphatic heterocycles. The Morgan fingerprint density at radius 1 is 0.449 bits per heavy atom. The molecule has 2 aromatic heterocycles. The second kappa shape index (κ2) is 11.8. The van der Waals surface area contributed by atoms with Crippen LogP contribution in [0.15, 0.2) is 155 Å². The standard InChI is InChI=1S/C45H33N3S/c1-28-14-18-38-36(22-28)34(30-10-6-4-7-11-30)26-40(46-38)32-16-20-42-44(24-32)49-45-25-33(17-21-43(45)48(42)3)41-27-35(31-12-8-5-9-13-31)37-23-29(2)15-19-39(37)47-41/h4-27H,1-3H3. The maximum absolute atomic E-state index is 5.17. The highest BCUT2D eigenvalue weighted by molar-refractivity contribution is 7.99. The first-order valence-electron chi connectivity index (χ1n) is 16.6. The van der Waals surface area contributed by atoms with E-state index in [4.69, 9.17) is 9.97 Å². The minimum Gasteiger partial charge on any atom is -0.343 e. The van der Waals surface area contributed by atoms with Crippen LogP contribution in [0.2, 0.25) is 0 Å². The number of benzene rings is 6. The molecule has 6 aromatic carbocycles. The molecule has 4 heteroatoms. The average Bonchev–Trinajstić information content (AvgIpc) is 3.14. The molecule has 0 saturated carbocycles. The molecular weight excluding hydrogens is 615 g/mol. The van der Waals surface area contributed by atoms with Gasteiger partial charge in [0.15, 0.2) is 0 Å². The maximum atomic E-state index is 5.17. The number of fused-ring (bicyclic) bond motifs is 4. The topological polar surface area (TPSA) is 29.0 Å². The number of aryl methyl sites for hydroxylation is 2. The van der Waals surface area contributed by atoms with Crippen molar-refractivity contribution in [1.82, 2.24) is 9.97 Å². The summed E-state index contributed by atoms with van der Waals surface area (Å²) < 4.78 is 0. The van der Waals surface area contributed by atoms with E-state index in [2.05, 4.69) is 171 Å². The fourth-order valence-electron chi connectivity index (χ4n) is 7.00. The molecule has 0 bridgehead atoms. The van der Waals surface area contributed by atoms with Crippen molar-refractivity contribution < 1.29 is 0 Å². The Morgan fingerprint density at radius 2 is 0.898 bits per heavy atom. The summed E-state index contributed by atoms with van der Waals surface area (Å²) in [5.41, 5.74) is 15.8. The molecule has 0 fully saturated rings. The predicted octanol–water partition coefficient (Wildman–Crippen LogP) is 12.3. The van der Waals surface area contributed by atoms with E-state index in [0.717, 1.165) is 33.5 Å². The molecule has 0 amide bonds. The zero-order chi connectivity index (χ0) is 33.1. The molecule has 0 radical (unpaired) electrons. The third-order valence-electron chi connectivity index (χ3n) is 9.55. The highest BCUT2D eigenvalue weighted by Gasteiger charge is 2.23. The van der Waals surface area contributed by atoms with Gasteiger partial charge in [0.05, 0.1) is 33.8 Å². The summed E-state index contributed by atoms with van der Waals surface area (Å²) in [5, 5.41) is 2.35. The van der Waals surface area contributed by atoms with Crippen LogP contribution in [-0.2, 0) is 0 Å². The second-order valence-electron chi connectivity index (χ2n) is 12.9. The van der Waals surface area contributed by atoms with Crippen LogP contribution in [0, 0.1) is 13.8 Å². The molecule has 0 atom stereocenters. The summed E-state index contributed by atoms with van der Waals surface area (Å²) >= 11 is 1.82. The Balaban J connectivity index is 1.13. The lowest BCUT2D eigenvalue weighted by Crippen LogP contribution is -2.14. The minimum atomic E-state index is 0.977. The van der Waals surface area contributed by atoms with Crippen LogP contribution >= 0.6 is 11.8 Å². The number of hydrogen-bond acceptors (Lipinski definition) is 4. The molecule has 0 unspecified atom stereocenters. The van der Waals surface area contributed by atoms with Crippen molar-refractivity contribution in [2.24, 2.45) is 0 Å². The summed E-state index contributed by atoms with van der Waals surface area (Å²) in [6.07, 6.45) is 0. The van der Waals surface area contributed by atoms with Crippen LogP contribution in [0.5, 0.6) is 0 Å². The summed E-state index contributed by atoms with van der Waals surface area (Å²) in [7, 11) is 2.16. The Morgan fingerprint density at radius 3 is 1.35 bits per heavy atom. The number of rotatable bonds is 4. The van der Waals surface area contributed by atoms with Gasteiger partial charge in [0.25, 0.3) is 0 Å². The highest BCUT2D eigenvalue weighted by Crippen LogP contribution is 2.50. The Kier molecular flexibility index (Phi) is 7.07. The fraction of sp³-hybridized carbons (Fsp3) is 0.0667. The van der Waals surface area contributed by atoms with E-state index < -0.39 is 0 Å². The van der Waals surface area contributed by atoms with Crippen LogP contribution in [0.3, 0.4) is 0 Å². The van der Waals surface area contributed by atoms with Crippen LogP contribution < -0.4 is 4.90 Å². The van der Waals surface area contributed by atoms with Gasteiger partial charge in [-0.1, -0.05) is 108 Å². The molecule has 0 N–H and O–H groups in total. The van der Waals surface area contributed by atoms with Crippen molar-refractivity contribution in [2.45, 2.75) is 23.6 Å². The number of aromatic nitrogens is 2. The number of pyridine rings is 2. The van der Waals surface area contributed by atoms with Gasteiger partial charge in [-0.3, -0.25) is 0 Å². The van der Waals surface area contributed by atoms with E-state index in [1.165, 1.54) is 65.3 Å². The molecule has 9 rings (SSSR count). The third-order valence-corrected chi connectivity index (χ3v) is 10.6. The van der Waals surface area contributed by atoms with E-state index >= 15 is 0 Å². The maximum Gasteiger partial charge on any atom is 0.0716 e. The largest absolute Gasteiger partial charge is 0.343 e. The molecule has 3 heterocycles. The van der Waals surface area contributed by atoms with Gasteiger partial charge in [0.1, 0.15) is 0 Å². The molecule has 8 aromatic rings. The van der Waals surface area contributed by atoms with Gasteiger partial charge in [-0.15, -0.1) is 0 Å². The lowest BCUT2D eigenvalue weighted by molar-refractivity contribution is 1.11. The molecule has 0 spiro atoms. The van der Waals surface area contributed by atoms with Crippen LogP contribution in [0.1, 0.15) is 11.1 Å². The van der Waals surface area contributed by atoms with Crippen molar-refractivity contribution in [3.63, 3.8) is 0 Å². The molecule has 0 saturated heterocycles. The Bertz CT molecular complexity index is 2380. The average molecular weight is 648 g/mol. The smallest absolute Gasteiger partial charge is 0.0716 e. The fourth-order valence-corrected chi connectivity index (χ4v) is 8.23. The third kappa shape index (κ3) is 5.26. The Labute approximate surface area is 290 Å². The van der Waals surface area contributed by atoms with Gasteiger partial charge < -0.3 is 4.90 Å².